The molecule has 3 nitrogen and oxygen atoms in total. The van der Waals surface area contributed by atoms with Gasteiger partial charge in [0, 0.05) is 18.1 Å². The lowest BCUT2D eigenvalue weighted by Gasteiger charge is -1.68. The second-order valence-corrected chi connectivity index (χ2v) is 2.58. The smallest absolute Gasteiger partial charge is 0.0593 e. The first-order valence-corrected chi connectivity index (χ1v) is 3.85. The van der Waals surface area contributed by atoms with Crippen molar-refractivity contribution in [2.45, 2.75) is 13.8 Å². The summed E-state index contributed by atoms with van der Waals surface area (Å²) in [5.74, 6) is 0. The van der Waals surface area contributed by atoms with Gasteiger partial charge in [0.2, 0.25) is 0 Å². The molecule has 0 unspecified atom stereocenters. The van der Waals surface area contributed by atoms with Gasteiger partial charge in [-0.15, -0.1) is 0 Å². The molecule has 0 aromatic carbocycles. The van der Waals surface area contributed by atoms with Crippen LogP contribution in [0.3, 0.4) is 0 Å². The van der Waals surface area contributed by atoms with Gasteiger partial charge in [-0.2, -0.15) is 5.10 Å². The number of hydrogen-bond donors (Lipinski definition) is 2. The lowest BCUT2D eigenvalue weighted by atomic mass is 10.4. The highest BCUT2D eigenvalue weighted by Crippen LogP contribution is 1.92. The molecular formula is C9H13N3. The van der Waals surface area contributed by atoms with E-state index in [0.717, 1.165) is 11.4 Å². The molecule has 2 aromatic rings. The van der Waals surface area contributed by atoms with E-state index in [0.29, 0.717) is 0 Å². The summed E-state index contributed by atoms with van der Waals surface area (Å²) < 4.78 is 0. The number of aromatic amines is 2. The minimum atomic E-state index is 1.05. The average molecular weight is 163 g/mol. The number of nitrogens with one attached hydrogen (secondary N) is 2. The molecule has 0 amide bonds. The minimum absolute atomic E-state index is 1.05. The molecule has 3 heteroatoms. The van der Waals surface area contributed by atoms with Gasteiger partial charge >= 0.3 is 0 Å². The molecule has 0 saturated heterocycles. The van der Waals surface area contributed by atoms with Crippen LogP contribution in [0.25, 0.3) is 0 Å². The van der Waals surface area contributed by atoms with E-state index in [1.807, 2.05) is 44.4 Å². The second-order valence-electron chi connectivity index (χ2n) is 2.58. The Bertz CT molecular complexity index is 261. The fourth-order valence-corrected chi connectivity index (χ4v) is 0.832. The predicted octanol–water partition coefficient (Wildman–Crippen LogP) is 2.04. The summed E-state index contributed by atoms with van der Waals surface area (Å²) in [5.41, 5.74) is 2.18. The maximum Gasteiger partial charge on any atom is 0.0593 e. The highest BCUT2D eigenvalue weighted by molar-refractivity contribution is 5.03. The lowest BCUT2D eigenvalue weighted by Crippen LogP contribution is -1.68. The van der Waals surface area contributed by atoms with E-state index in [-0.39, 0.29) is 0 Å². The highest BCUT2D eigenvalue weighted by atomic mass is 15.1. The van der Waals surface area contributed by atoms with Gasteiger partial charge in [-0.05, 0) is 32.0 Å². The van der Waals surface area contributed by atoms with Crippen molar-refractivity contribution in [3.63, 3.8) is 0 Å². The summed E-state index contributed by atoms with van der Waals surface area (Å²) in [6.45, 7) is 3.95. The van der Waals surface area contributed by atoms with Crippen molar-refractivity contribution in [3.8, 4) is 0 Å². The zero-order chi connectivity index (χ0) is 8.81. The van der Waals surface area contributed by atoms with Gasteiger partial charge in [0.1, 0.15) is 0 Å². The van der Waals surface area contributed by atoms with Crippen LogP contribution in [-0.2, 0) is 0 Å². The van der Waals surface area contributed by atoms with Crippen molar-refractivity contribution in [2.24, 2.45) is 0 Å². The third-order valence-corrected chi connectivity index (χ3v) is 1.33. The van der Waals surface area contributed by atoms with E-state index in [4.69, 9.17) is 0 Å². The normalized spacial score (nSPS) is 8.83. The van der Waals surface area contributed by atoms with Crippen LogP contribution in [-0.4, -0.2) is 15.2 Å². The maximum atomic E-state index is 3.89. The van der Waals surface area contributed by atoms with E-state index in [2.05, 4.69) is 15.2 Å². The molecule has 0 aliphatic carbocycles. The van der Waals surface area contributed by atoms with Gasteiger partial charge in [0.15, 0.2) is 0 Å². The Kier molecular flexibility index (Phi) is 3.14. The Morgan fingerprint density at radius 3 is 2.00 bits per heavy atom. The van der Waals surface area contributed by atoms with Crippen molar-refractivity contribution in [1.29, 1.82) is 0 Å². The Morgan fingerprint density at radius 1 is 1.17 bits per heavy atom. The lowest BCUT2D eigenvalue weighted by molar-refractivity contribution is 1.02. The van der Waals surface area contributed by atoms with Gasteiger partial charge in [-0.1, -0.05) is 0 Å². The molecule has 2 heterocycles. The van der Waals surface area contributed by atoms with Crippen LogP contribution in [0.15, 0.2) is 30.6 Å². The molecule has 0 bridgehead atoms. The molecule has 64 valence electrons. The van der Waals surface area contributed by atoms with Crippen LogP contribution in [0.5, 0.6) is 0 Å². The minimum Gasteiger partial charge on any atom is -0.368 e. The van der Waals surface area contributed by atoms with Gasteiger partial charge < -0.3 is 4.98 Å². The van der Waals surface area contributed by atoms with Gasteiger partial charge in [-0.25, -0.2) is 0 Å². The molecule has 0 spiro atoms. The first-order chi connectivity index (χ1) is 5.79. The van der Waals surface area contributed by atoms with Crippen LogP contribution < -0.4 is 0 Å². The van der Waals surface area contributed by atoms with Crippen LogP contribution in [0.1, 0.15) is 11.4 Å². The molecular weight excluding hydrogens is 150 g/mol. The summed E-state index contributed by atoms with van der Waals surface area (Å²) in [4.78, 5) is 2.86. The van der Waals surface area contributed by atoms with E-state index in [1.54, 1.807) is 0 Å². The molecule has 0 saturated carbocycles. The third-order valence-electron chi connectivity index (χ3n) is 1.33. The largest absolute Gasteiger partial charge is 0.368 e. The van der Waals surface area contributed by atoms with Gasteiger partial charge in [0.25, 0.3) is 0 Å². The highest BCUT2D eigenvalue weighted by Gasteiger charge is 1.84. The topological polar surface area (TPSA) is 44.5 Å². The van der Waals surface area contributed by atoms with Crippen molar-refractivity contribution in [3.05, 3.63) is 42.0 Å². The monoisotopic (exact) mass is 163 g/mol. The maximum absolute atomic E-state index is 3.89. The predicted molar refractivity (Wildman–Crippen MR) is 48.9 cm³/mol. The number of aryl methyl sites for hydroxylation is 2. The number of rotatable bonds is 0. The van der Waals surface area contributed by atoms with Crippen molar-refractivity contribution < 1.29 is 0 Å². The zero-order valence-electron chi connectivity index (χ0n) is 7.33. The quantitative estimate of drug-likeness (QED) is 0.613. The average Bonchev–Trinajstić information content (AvgIpc) is 2.63. The molecule has 2 rings (SSSR count). The summed E-state index contributed by atoms with van der Waals surface area (Å²) >= 11 is 0. The van der Waals surface area contributed by atoms with E-state index in [1.165, 1.54) is 0 Å². The Morgan fingerprint density at radius 2 is 1.83 bits per heavy atom. The third kappa shape index (κ3) is 3.05. The summed E-state index contributed by atoms with van der Waals surface area (Å²) in [6.07, 6.45) is 3.75. The summed E-state index contributed by atoms with van der Waals surface area (Å²) in [6, 6.07) is 5.89. The molecule has 0 fully saturated rings. The van der Waals surface area contributed by atoms with Crippen LogP contribution in [0.4, 0.5) is 0 Å². The first kappa shape index (κ1) is 8.59. The molecule has 0 aliphatic heterocycles. The van der Waals surface area contributed by atoms with E-state index >= 15 is 0 Å². The molecule has 0 atom stereocenters. The molecule has 2 N–H and O–H groups in total. The van der Waals surface area contributed by atoms with Crippen LogP contribution >= 0.6 is 0 Å². The number of hydrogen-bond acceptors (Lipinski definition) is 1. The Balaban J connectivity index is 0.000000127. The van der Waals surface area contributed by atoms with Crippen molar-refractivity contribution >= 4 is 0 Å². The van der Waals surface area contributed by atoms with Gasteiger partial charge in [-0.3, -0.25) is 5.10 Å². The SMILES string of the molecule is Cc1cc(C)[nH]n1.c1cc[nH]c1. The Hall–Kier alpha value is -1.51. The molecule has 0 radical (unpaired) electrons. The van der Waals surface area contributed by atoms with Gasteiger partial charge in [0.05, 0.1) is 5.69 Å². The standard InChI is InChI=1S/C5H8N2.C4H5N/c1-4-3-5(2)7-6-4;1-2-4-5-3-1/h3H,1-2H3,(H,6,7);1-5H. The zero-order valence-corrected chi connectivity index (χ0v) is 7.33. The fourth-order valence-electron chi connectivity index (χ4n) is 0.832. The summed E-state index contributed by atoms with van der Waals surface area (Å²) in [5, 5.41) is 6.71. The number of aromatic nitrogens is 3. The fraction of sp³-hybridized carbons (Fsp3) is 0.222. The molecule has 2 aromatic heterocycles. The second kappa shape index (κ2) is 4.38. The van der Waals surface area contributed by atoms with E-state index in [9.17, 15) is 0 Å². The number of H-pyrrole nitrogens is 2. The molecule has 12 heavy (non-hydrogen) atoms. The number of nitrogens with zero attached hydrogens (tertiary/aromatic N) is 1. The van der Waals surface area contributed by atoms with Crippen molar-refractivity contribution in [2.75, 3.05) is 0 Å². The van der Waals surface area contributed by atoms with Crippen LogP contribution in [0, 0.1) is 13.8 Å². The van der Waals surface area contributed by atoms with Crippen LogP contribution in [0.2, 0.25) is 0 Å². The van der Waals surface area contributed by atoms with Crippen molar-refractivity contribution in [1.82, 2.24) is 15.2 Å². The first-order valence-electron chi connectivity index (χ1n) is 3.85. The summed E-state index contributed by atoms with van der Waals surface area (Å²) in [7, 11) is 0. The van der Waals surface area contributed by atoms with E-state index < -0.39 is 0 Å². The molecule has 0 aliphatic rings. The Labute approximate surface area is 71.8 Å².